The number of halogens is 1. The van der Waals surface area contributed by atoms with Crippen LogP contribution in [0.25, 0.3) is 0 Å². The second-order valence-electron chi connectivity index (χ2n) is 6.41. The molecular formula is C17H27BrN2O. The number of hydrogen-bond donors (Lipinski definition) is 1. The minimum absolute atomic E-state index is 0.0701. The highest BCUT2D eigenvalue weighted by Gasteiger charge is 2.27. The van der Waals surface area contributed by atoms with Crippen molar-refractivity contribution in [3.05, 3.63) is 28.2 Å². The molecule has 2 rings (SSSR count). The van der Waals surface area contributed by atoms with Gasteiger partial charge in [0.05, 0.1) is 12.2 Å². The minimum Gasteiger partial charge on any atom is -0.372 e. The first-order chi connectivity index (χ1) is 9.93. The van der Waals surface area contributed by atoms with Crippen molar-refractivity contribution in [1.29, 1.82) is 0 Å². The first-order valence-electron chi connectivity index (χ1n) is 7.84. The van der Waals surface area contributed by atoms with Gasteiger partial charge in [-0.1, -0.05) is 28.9 Å². The van der Waals surface area contributed by atoms with E-state index in [1.807, 2.05) is 0 Å². The third-order valence-corrected chi connectivity index (χ3v) is 4.63. The van der Waals surface area contributed by atoms with Gasteiger partial charge in [-0.25, -0.2) is 0 Å². The van der Waals surface area contributed by atoms with Crippen LogP contribution in [0.2, 0.25) is 0 Å². The predicted octanol–water partition coefficient (Wildman–Crippen LogP) is 4.12. The molecule has 1 heterocycles. The van der Waals surface area contributed by atoms with Gasteiger partial charge in [0.2, 0.25) is 0 Å². The number of benzene rings is 1. The van der Waals surface area contributed by atoms with Crippen molar-refractivity contribution in [2.75, 3.05) is 31.1 Å². The average Bonchev–Trinajstić information content (AvgIpc) is 2.43. The maximum atomic E-state index is 5.79. The fraction of sp³-hybridized carbons (Fsp3) is 0.647. The lowest BCUT2D eigenvalue weighted by molar-refractivity contribution is -0.0276. The lowest BCUT2D eigenvalue weighted by Gasteiger charge is -2.39. The van der Waals surface area contributed by atoms with Crippen molar-refractivity contribution in [2.45, 2.75) is 45.8 Å². The smallest absolute Gasteiger partial charge is 0.0801 e. The lowest BCUT2D eigenvalue weighted by Crippen LogP contribution is -2.48. The van der Waals surface area contributed by atoms with Crippen LogP contribution in [0.4, 0.5) is 5.69 Å². The largest absolute Gasteiger partial charge is 0.372 e. The molecule has 118 valence electrons. The molecule has 1 aromatic rings. The Morgan fingerprint density at radius 2 is 2.19 bits per heavy atom. The van der Waals surface area contributed by atoms with Crippen LogP contribution in [-0.2, 0) is 4.74 Å². The van der Waals surface area contributed by atoms with Crippen LogP contribution in [0.5, 0.6) is 0 Å². The molecule has 0 aromatic heterocycles. The zero-order valence-electron chi connectivity index (χ0n) is 13.6. The molecule has 1 saturated heterocycles. The second kappa shape index (κ2) is 7.12. The van der Waals surface area contributed by atoms with Gasteiger partial charge in [0.25, 0.3) is 0 Å². The zero-order valence-corrected chi connectivity index (χ0v) is 15.2. The highest BCUT2D eigenvalue weighted by atomic mass is 79.9. The first kappa shape index (κ1) is 16.8. The molecule has 0 spiro atoms. The van der Waals surface area contributed by atoms with Gasteiger partial charge in [0, 0.05) is 29.3 Å². The maximum Gasteiger partial charge on any atom is 0.0801 e. The molecule has 1 aliphatic rings. The van der Waals surface area contributed by atoms with Crippen molar-refractivity contribution >= 4 is 21.6 Å². The molecule has 1 aromatic carbocycles. The molecule has 1 atom stereocenters. The number of hydrogen-bond acceptors (Lipinski definition) is 3. The van der Waals surface area contributed by atoms with Crippen molar-refractivity contribution in [3.63, 3.8) is 0 Å². The van der Waals surface area contributed by atoms with Crippen molar-refractivity contribution in [3.8, 4) is 0 Å². The van der Waals surface area contributed by atoms with Crippen molar-refractivity contribution < 1.29 is 4.74 Å². The van der Waals surface area contributed by atoms with Gasteiger partial charge in [-0.2, -0.15) is 0 Å². The van der Waals surface area contributed by atoms with Gasteiger partial charge in [-0.3, -0.25) is 0 Å². The molecular weight excluding hydrogens is 328 g/mol. The molecule has 0 aliphatic carbocycles. The molecule has 21 heavy (non-hydrogen) atoms. The summed E-state index contributed by atoms with van der Waals surface area (Å²) < 4.78 is 6.97. The van der Waals surface area contributed by atoms with Gasteiger partial charge in [0.15, 0.2) is 0 Å². The average molecular weight is 355 g/mol. The molecule has 1 aliphatic heterocycles. The summed E-state index contributed by atoms with van der Waals surface area (Å²) >= 11 is 3.74. The predicted molar refractivity (Wildman–Crippen MR) is 93.1 cm³/mol. The lowest BCUT2D eigenvalue weighted by atomic mass is 10.0. The Morgan fingerprint density at radius 3 is 2.81 bits per heavy atom. The van der Waals surface area contributed by atoms with Crippen LogP contribution in [0.1, 0.15) is 45.7 Å². The summed E-state index contributed by atoms with van der Waals surface area (Å²) in [5.74, 6) is 0. The fourth-order valence-corrected chi connectivity index (χ4v) is 3.48. The zero-order chi connectivity index (χ0) is 15.5. The van der Waals surface area contributed by atoms with E-state index in [4.69, 9.17) is 4.74 Å². The van der Waals surface area contributed by atoms with Gasteiger partial charge in [0.1, 0.15) is 0 Å². The fourth-order valence-electron chi connectivity index (χ4n) is 2.77. The van der Waals surface area contributed by atoms with E-state index >= 15 is 0 Å². The number of morpholine rings is 1. The van der Waals surface area contributed by atoms with Crippen LogP contribution < -0.4 is 10.2 Å². The van der Waals surface area contributed by atoms with E-state index in [1.165, 1.54) is 15.7 Å². The Bertz CT molecular complexity index is 476. The Labute approximate surface area is 137 Å². The molecule has 1 unspecified atom stereocenters. The summed E-state index contributed by atoms with van der Waals surface area (Å²) in [5.41, 5.74) is 2.52. The van der Waals surface area contributed by atoms with E-state index < -0.39 is 0 Å². The van der Waals surface area contributed by atoms with E-state index in [-0.39, 0.29) is 5.60 Å². The van der Waals surface area contributed by atoms with E-state index in [2.05, 4.69) is 72.0 Å². The Kier molecular flexibility index (Phi) is 5.69. The highest BCUT2D eigenvalue weighted by molar-refractivity contribution is 9.10. The Morgan fingerprint density at radius 1 is 1.43 bits per heavy atom. The second-order valence-corrected chi connectivity index (χ2v) is 7.27. The number of nitrogens with zero attached hydrogens (tertiary/aromatic N) is 1. The molecule has 0 saturated carbocycles. The van der Waals surface area contributed by atoms with Crippen LogP contribution in [0.3, 0.4) is 0 Å². The van der Waals surface area contributed by atoms with E-state index in [1.54, 1.807) is 0 Å². The maximum absolute atomic E-state index is 5.79. The molecule has 0 radical (unpaired) electrons. The molecule has 3 nitrogen and oxygen atoms in total. The summed E-state index contributed by atoms with van der Waals surface area (Å²) in [6.45, 7) is 12.4. The van der Waals surface area contributed by atoms with Gasteiger partial charge in [-0.05, 0) is 51.4 Å². The molecule has 1 fully saturated rings. The summed E-state index contributed by atoms with van der Waals surface area (Å²) in [4.78, 5) is 2.40. The van der Waals surface area contributed by atoms with E-state index in [9.17, 15) is 0 Å². The first-order valence-corrected chi connectivity index (χ1v) is 8.64. The summed E-state index contributed by atoms with van der Waals surface area (Å²) in [7, 11) is 0. The van der Waals surface area contributed by atoms with Gasteiger partial charge < -0.3 is 15.0 Å². The van der Waals surface area contributed by atoms with E-state index in [0.29, 0.717) is 6.04 Å². The number of nitrogens with one attached hydrogen (secondary N) is 1. The molecule has 0 amide bonds. The third kappa shape index (κ3) is 4.44. The highest BCUT2D eigenvalue weighted by Crippen LogP contribution is 2.30. The number of ether oxygens (including phenoxy) is 1. The SMILES string of the molecule is CCCNC(C)c1ccc(N2CCOC(C)(C)C2)cc1Br. The van der Waals surface area contributed by atoms with Crippen molar-refractivity contribution in [2.24, 2.45) is 0 Å². The third-order valence-electron chi connectivity index (χ3n) is 3.94. The monoisotopic (exact) mass is 354 g/mol. The Balaban J connectivity index is 2.11. The van der Waals surface area contributed by atoms with Crippen molar-refractivity contribution in [1.82, 2.24) is 5.32 Å². The quantitative estimate of drug-likeness (QED) is 0.860. The van der Waals surface area contributed by atoms with Crippen LogP contribution >= 0.6 is 15.9 Å². The standard InChI is InChI=1S/C17H27BrN2O/c1-5-8-19-13(2)15-7-6-14(11-16(15)18)20-9-10-21-17(3,4)12-20/h6-7,11,13,19H,5,8-10,12H2,1-4H3. The Hall–Kier alpha value is -0.580. The van der Waals surface area contributed by atoms with Crippen LogP contribution in [0, 0.1) is 0 Å². The van der Waals surface area contributed by atoms with E-state index in [0.717, 1.165) is 32.7 Å². The summed E-state index contributed by atoms with van der Waals surface area (Å²) in [6.07, 6.45) is 1.16. The molecule has 1 N–H and O–H groups in total. The number of rotatable bonds is 5. The normalized spacial score (nSPS) is 19.6. The minimum atomic E-state index is -0.0701. The van der Waals surface area contributed by atoms with Gasteiger partial charge >= 0.3 is 0 Å². The summed E-state index contributed by atoms with van der Waals surface area (Å²) in [5, 5.41) is 3.54. The molecule has 0 bridgehead atoms. The topological polar surface area (TPSA) is 24.5 Å². The number of anilines is 1. The molecule has 4 heteroatoms. The van der Waals surface area contributed by atoms with Gasteiger partial charge in [-0.15, -0.1) is 0 Å². The summed E-state index contributed by atoms with van der Waals surface area (Å²) in [6, 6.07) is 7.07. The van der Waals surface area contributed by atoms with Crippen LogP contribution in [0.15, 0.2) is 22.7 Å². The van der Waals surface area contributed by atoms with Crippen LogP contribution in [-0.4, -0.2) is 31.8 Å².